The van der Waals surface area contributed by atoms with Crippen molar-refractivity contribution >= 4 is 27.7 Å². The lowest BCUT2D eigenvalue weighted by Crippen LogP contribution is -2.45. The van der Waals surface area contributed by atoms with E-state index in [4.69, 9.17) is 10.5 Å². The molecule has 1 aromatic heterocycles. The molecule has 1 aromatic rings. The van der Waals surface area contributed by atoms with Crippen LogP contribution in [0.5, 0.6) is 5.88 Å². The summed E-state index contributed by atoms with van der Waals surface area (Å²) in [5.41, 5.74) is 5.60. The Balaban J connectivity index is 1.64. The average Bonchev–Trinajstić information content (AvgIpc) is 3.40. The first-order valence-corrected chi connectivity index (χ1v) is 8.71. The molecule has 1 heterocycles. The predicted molar refractivity (Wildman–Crippen MR) is 87.9 cm³/mol. The molecule has 0 spiro atoms. The first-order chi connectivity index (χ1) is 11.0. The number of rotatable bonds is 8. The molecule has 0 radical (unpaired) electrons. The molecule has 1 unspecified atom stereocenters. The highest BCUT2D eigenvalue weighted by Crippen LogP contribution is 2.33. The molecule has 0 saturated heterocycles. The van der Waals surface area contributed by atoms with Gasteiger partial charge in [-0.1, -0.05) is 12.8 Å². The maximum Gasteiger partial charge on any atom is 0.270 e. The van der Waals surface area contributed by atoms with Crippen LogP contribution >= 0.6 is 15.9 Å². The molecule has 0 bridgehead atoms. The Labute approximate surface area is 143 Å². The summed E-state index contributed by atoms with van der Waals surface area (Å²) >= 11 is 3.37. The van der Waals surface area contributed by atoms with Crippen LogP contribution < -0.4 is 15.8 Å². The van der Waals surface area contributed by atoms with Gasteiger partial charge in [-0.3, -0.25) is 9.59 Å². The summed E-state index contributed by atoms with van der Waals surface area (Å²) in [4.78, 5) is 28.1. The summed E-state index contributed by atoms with van der Waals surface area (Å²) in [5.74, 6) is 0.579. The van der Waals surface area contributed by atoms with E-state index < -0.39 is 17.9 Å². The zero-order valence-corrected chi connectivity index (χ0v) is 14.3. The van der Waals surface area contributed by atoms with Gasteiger partial charge in [0.1, 0.15) is 11.7 Å². The zero-order chi connectivity index (χ0) is 16.4. The highest BCUT2D eigenvalue weighted by Gasteiger charge is 2.30. The van der Waals surface area contributed by atoms with Gasteiger partial charge in [-0.2, -0.15) is 0 Å². The Morgan fingerprint density at radius 1 is 1.30 bits per heavy atom. The van der Waals surface area contributed by atoms with E-state index in [9.17, 15) is 9.59 Å². The first-order valence-electron chi connectivity index (χ1n) is 7.92. The standard InChI is InChI=1S/C16H20BrN3O3/c17-11-5-6-12(20-16(11)23-8-10-3-4-10)15(22)19-13(14(18)21)7-9-1-2-9/h5-6,9-10,13H,1-4,7-8H2,(H2,18,21)(H,19,22). The van der Waals surface area contributed by atoms with Gasteiger partial charge in [-0.15, -0.1) is 0 Å². The van der Waals surface area contributed by atoms with Gasteiger partial charge in [0.15, 0.2) is 0 Å². The van der Waals surface area contributed by atoms with Crippen molar-refractivity contribution in [2.75, 3.05) is 6.61 Å². The summed E-state index contributed by atoms with van der Waals surface area (Å²) in [6.07, 6.45) is 5.14. The Morgan fingerprint density at radius 2 is 2.00 bits per heavy atom. The Morgan fingerprint density at radius 3 is 2.61 bits per heavy atom. The highest BCUT2D eigenvalue weighted by atomic mass is 79.9. The number of hydrogen-bond acceptors (Lipinski definition) is 4. The second-order valence-corrected chi connectivity index (χ2v) is 7.20. The van der Waals surface area contributed by atoms with E-state index in [0.717, 1.165) is 12.8 Å². The molecule has 2 aliphatic carbocycles. The molecule has 23 heavy (non-hydrogen) atoms. The van der Waals surface area contributed by atoms with Gasteiger partial charge < -0.3 is 15.8 Å². The van der Waals surface area contributed by atoms with Crippen molar-refractivity contribution in [3.63, 3.8) is 0 Å². The van der Waals surface area contributed by atoms with Crippen LogP contribution in [0, 0.1) is 11.8 Å². The molecule has 2 fully saturated rings. The Hall–Kier alpha value is -1.63. The van der Waals surface area contributed by atoms with Crippen LogP contribution in [-0.2, 0) is 4.79 Å². The van der Waals surface area contributed by atoms with E-state index in [0.29, 0.717) is 35.2 Å². The number of aromatic nitrogens is 1. The second-order valence-electron chi connectivity index (χ2n) is 6.35. The number of primary amides is 1. The van der Waals surface area contributed by atoms with Gasteiger partial charge in [0.05, 0.1) is 11.1 Å². The van der Waals surface area contributed by atoms with Crippen LogP contribution in [0.3, 0.4) is 0 Å². The number of halogens is 1. The predicted octanol–water partition coefficient (Wildman–Crippen LogP) is 2.02. The normalized spacial score (nSPS) is 18.3. The van der Waals surface area contributed by atoms with Crippen molar-refractivity contribution < 1.29 is 14.3 Å². The van der Waals surface area contributed by atoms with Crippen LogP contribution in [0.1, 0.15) is 42.6 Å². The monoisotopic (exact) mass is 381 g/mol. The van der Waals surface area contributed by atoms with Gasteiger partial charge in [0.25, 0.3) is 5.91 Å². The smallest absolute Gasteiger partial charge is 0.270 e. The number of ether oxygens (including phenoxy) is 1. The third-order valence-corrected chi connectivity index (χ3v) is 4.72. The third-order valence-electron chi connectivity index (χ3n) is 4.11. The Bertz CT molecular complexity index is 615. The molecule has 6 nitrogen and oxygen atoms in total. The number of nitrogens with one attached hydrogen (secondary N) is 1. The van der Waals surface area contributed by atoms with E-state index in [1.165, 1.54) is 12.8 Å². The number of nitrogens with two attached hydrogens (primary N) is 1. The van der Waals surface area contributed by atoms with E-state index in [1.807, 2.05) is 0 Å². The largest absolute Gasteiger partial charge is 0.477 e. The zero-order valence-electron chi connectivity index (χ0n) is 12.8. The van der Waals surface area contributed by atoms with Gasteiger partial charge in [-0.05, 0) is 59.2 Å². The van der Waals surface area contributed by atoms with Gasteiger partial charge in [0.2, 0.25) is 11.8 Å². The number of carbonyl (C=O) groups excluding carboxylic acids is 2. The lowest BCUT2D eigenvalue weighted by atomic mass is 10.1. The number of carbonyl (C=O) groups is 2. The van der Waals surface area contributed by atoms with Crippen LogP contribution in [0.15, 0.2) is 16.6 Å². The fourth-order valence-electron chi connectivity index (χ4n) is 2.30. The minimum absolute atomic E-state index is 0.223. The fourth-order valence-corrected chi connectivity index (χ4v) is 2.63. The molecule has 124 valence electrons. The number of amides is 2. The minimum Gasteiger partial charge on any atom is -0.477 e. The van der Waals surface area contributed by atoms with Crippen molar-refractivity contribution in [2.45, 2.75) is 38.1 Å². The molecule has 0 aromatic carbocycles. The van der Waals surface area contributed by atoms with E-state index in [2.05, 4.69) is 26.2 Å². The fraction of sp³-hybridized carbons (Fsp3) is 0.562. The summed E-state index contributed by atoms with van der Waals surface area (Å²) in [6, 6.07) is 2.68. The number of hydrogen-bond donors (Lipinski definition) is 2. The SMILES string of the molecule is NC(=O)C(CC1CC1)NC(=O)c1ccc(Br)c(OCC2CC2)n1. The van der Waals surface area contributed by atoms with E-state index in [1.54, 1.807) is 12.1 Å². The molecule has 7 heteroatoms. The summed E-state index contributed by atoms with van der Waals surface area (Å²) < 4.78 is 6.36. The topological polar surface area (TPSA) is 94.3 Å². The lowest BCUT2D eigenvalue weighted by molar-refractivity contribution is -0.120. The Kier molecular flexibility index (Phi) is 4.84. The van der Waals surface area contributed by atoms with Gasteiger partial charge in [-0.25, -0.2) is 4.98 Å². The van der Waals surface area contributed by atoms with Crippen LogP contribution in [0.2, 0.25) is 0 Å². The molecule has 1 atom stereocenters. The average molecular weight is 382 g/mol. The molecule has 3 rings (SSSR count). The molecule has 2 saturated carbocycles. The first kappa shape index (κ1) is 16.2. The summed E-state index contributed by atoms with van der Waals surface area (Å²) in [7, 11) is 0. The van der Waals surface area contributed by atoms with Crippen molar-refractivity contribution in [3.05, 3.63) is 22.3 Å². The molecule has 0 aliphatic heterocycles. The molecule has 3 N–H and O–H groups in total. The van der Waals surface area contributed by atoms with E-state index >= 15 is 0 Å². The second kappa shape index (κ2) is 6.86. The van der Waals surface area contributed by atoms with Gasteiger partial charge >= 0.3 is 0 Å². The highest BCUT2D eigenvalue weighted by molar-refractivity contribution is 9.10. The summed E-state index contributed by atoms with van der Waals surface area (Å²) in [5, 5.41) is 2.68. The van der Waals surface area contributed by atoms with E-state index in [-0.39, 0.29) is 5.69 Å². The number of pyridine rings is 1. The van der Waals surface area contributed by atoms with Crippen LogP contribution in [0.4, 0.5) is 0 Å². The summed E-state index contributed by atoms with van der Waals surface area (Å²) in [6.45, 7) is 0.613. The molecular formula is C16H20BrN3O3. The molecule has 2 aliphatic rings. The maximum absolute atomic E-state index is 12.3. The van der Waals surface area contributed by atoms with Crippen LogP contribution in [0.25, 0.3) is 0 Å². The van der Waals surface area contributed by atoms with Crippen molar-refractivity contribution in [1.29, 1.82) is 0 Å². The molecule has 2 amide bonds. The third kappa shape index (κ3) is 4.67. The number of nitrogens with zero attached hydrogens (tertiary/aromatic N) is 1. The molecular weight excluding hydrogens is 362 g/mol. The minimum atomic E-state index is -0.642. The van der Waals surface area contributed by atoms with Crippen molar-refractivity contribution in [1.82, 2.24) is 10.3 Å². The maximum atomic E-state index is 12.3. The van der Waals surface area contributed by atoms with Crippen LogP contribution in [-0.4, -0.2) is 29.4 Å². The van der Waals surface area contributed by atoms with Crippen molar-refractivity contribution in [2.24, 2.45) is 17.6 Å². The van der Waals surface area contributed by atoms with Gasteiger partial charge in [0, 0.05) is 0 Å². The quantitative estimate of drug-likeness (QED) is 0.719. The lowest BCUT2D eigenvalue weighted by Gasteiger charge is -2.15. The van der Waals surface area contributed by atoms with Crippen molar-refractivity contribution in [3.8, 4) is 5.88 Å².